The number of nitrogens with zero attached hydrogens (tertiary/aromatic N) is 1. The lowest BCUT2D eigenvalue weighted by Crippen LogP contribution is -2.33. The summed E-state index contributed by atoms with van der Waals surface area (Å²) >= 11 is 3.14. The summed E-state index contributed by atoms with van der Waals surface area (Å²) < 4.78 is 14.2. The maximum atomic E-state index is 13.6. The van der Waals surface area contributed by atoms with Crippen molar-refractivity contribution in [3.63, 3.8) is 0 Å². The second kappa shape index (κ2) is 6.21. The number of benzene rings is 1. The summed E-state index contributed by atoms with van der Waals surface area (Å²) in [4.78, 5) is 24.1. The van der Waals surface area contributed by atoms with Gasteiger partial charge < -0.3 is 15.3 Å². The van der Waals surface area contributed by atoms with Crippen LogP contribution in [-0.4, -0.2) is 35.1 Å². The van der Waals surface area contributed by atoms with E-state index in [-0.39, 0.29) is 18.0 Å². The first kappa shape index (κ1) is 14.8. The Morgan fingerprint density at radius 3 is 2.90 bits per heavy atom. The smallest absolute Gasteiger partial charge is 0.321 e. The van der Waals surface area contributed by atoms with E-state index in [0.29, 0.717) is 24.0 Å². The van der Waals surface area contributed by atoms with Crippen LogP contribution in [0.4, 0.5) is 14.9 Å². The number of carboxylic acids is 1. The lowest BCUT2D eigenvalue weighted by atomic mass is 10.1. The van der Waals surface area contributed by atoms with E-state index in [1.807, 2.05) is 0 Å². The molecule has 0 aromatic heterocycles. The van der Waals surface area contributed by atoms with E-state index >= 15 is 0 Å². The molecule has 20 heavy (non-hydrogen) atoms. The molecule has 2 rings (SSSR count). The highest BCUT2D eigenvalue weighted by atomic mass is 79.9. The van der Waals surface area contributed by atoms with Gasteiger partial charge in [0.25, 0.3) is 0 Å². The summed E-state index contributed by atoms with van der Waals surface area (Å²) in [5, 5.41) is 11.2. The van der Waals surface area contributed by atoms with Gasteiger partial charge in [0.2, 0.25) is 0 Å². The van der Waals surface area contributed by atoms with Gasteiger partial charge in [-0.25, -0.2) is 9.18 Å². The molecule has 1 aliphatic heterocycles. The van der Waals surface area contributed by atoms with Gasteiger partial charge in [-0.3, -0.25) is 4.79 Å². The number of hydrogen-bond donors (Lipinski definition) is 2. The Labute approximate surface area is 123 Å². The van der Waals surface area contributed by atoms with Crippen molar-refractivity contribution in [3.05, 3.63) is 28.5 Å². The van der Waals surface area contributed by atoms with Gasteiger partial charge in [-0.1, -0.05) is 15.9 Å². The molecule has 7 heteroatoms. The SMILES string of the molecule is O=C(O)CC1CCN(C(=O)Nc2ccc(Br)cc2F)C1. The summed E-state index contributed by atoms with van der Waals surface area (Å²) in [5.74, 6) is -1.42. The maximum absolute atomic E-state index is 13.6. The van der Waals surface area contributed by atoms with Crippen molar-refractivity contribution in [1.82, 2.24) is 4.90 Å². The first-order chi connectivity index (χ1) is 9.45. The highest BCUT2D eigenvalue weighted by molar-refractivity contribution is 9.10. The highest BCUT2D eigenvalue weighted by Gasteiger charge is 2.28. The predicted octanol–water partition coefficient (Wildman–Crippen LogP) is 2.92. The zero-order valence-corrected chi connectivity index (χ0v) is 12.2. The Morgan fingerprint density at radius 1 is 1.50 bits per heavy atom. The summed E-state index contributed by atoms with van der Waals surface area (Å²) in [5.41, 5.74) is 0.111. The molecule has 0 spiro atoms. The molecule has 1 heterocycles. The molecule has 5 nitrogen and oxygen atoms in total. The van der Waals surface area contributed by atoms with Crippen molar-refractivity contribution in [2.24, 2.45) is 5.92 Å². The molecule has 1 aliphatic rings. The average molecular weight is 345 g/mol. The first-order valence-corrected chi connectivity index (χ1v) is 6.98. The van der Waals surface area contributed by atoms with Crippen LogP contribution in [0.3, 0.4) is 0 Å². The number of anilines is 1. The monoisotopic (exact) mass is 344 g/mol. The van der Waals surface area contributed by atoms with E-state index in [9.17, 15) is 14.0 Å². The van der Waals surface area contributed by atoms with E-state index in [2.05, 4.69) is 21.2 Å². The fourth-order valence-electron chi connectivity index (χ4n) is 2.22. The van der Waals surface area contributed by atoms with Gasteiger partial charge in [0.15, 0.2) is 0 Å². The number of nitrogens with one attached hydrogen (secondary N) is 1. The van der Waals surface area contributed by atoms with Gasteiger partial charge in [-0.05, 0) is 30.5 Å². The highest BCUT2D eigenvalue weighted by Crippen LogP contribution is 2.23. The molecule has 0 bridgehead atoms. The minimum absolute atomic E-state index is 0.0342. The molecule has 0 radical (unpaired) electrons. The minimum atomic E-state index is -0.865. The summed E-state index contributed by atoms with van der Waals surface area (Å²) in [6.45, 7) is 0.873. The lowest BCUT2D eigenvalue weighted by Gasteiger charge is -2.17. The number of rotatable bonds is 3. The molecule has 2 N–H and O–H groups in total. The van der Waals surface area contributed by atoms with Crippen LogP contribution in [0, 0.1) is 11.7 Å². The fraction of sp³-hybridized carbons (Fsp3) is 0.385. The molecular weight excluding hydrogens is 331 g/mol. The van der Waals surface area contributed by atoms with E-state index in [1.54, 1.807) is 6.07 Å². The van der Waals surface area contributed by atoms with E-state index in [1.165, 1.54) is 17.0 Å². The van der Waals surface area contributed by atoms with Crippen molar-refractivity contribution in [2.45, 2.75) is 12.8 Å². The summed E-state index contributed by atoms with van der Waals surface area (Å²) in [7, 11) is 0. The number of carbonyl (C=O) groups excluding carboxylic acids is 1. The Balaban J connectivity index is 1.94. The van der Waals surface area contributed by atoms with Crippen molar-refractivity contribution < 1.29 is 19.1 Å². The number of carbonyl (C=O) groups is 2. The number of aliphatic carboxylic acids is 1. The van der Waals surface area contributed by atoms with Gasteiger partial charge >= 0.3 is 12.0 Å². The summed E-state index contributed by atoms with van der Waals surface area (Å²) in [6.07, 6.45) is 0.707. The number of urea groups is 1. The fourth-order valence-corrected chi connectivity index (χ4v) is 2.55. The number of amides is 2. The van der Waals surface area contributed by atoms with Gasteiger partial charge in [-0.15, -0.1) is 0 Å². The van der Waals surface area contributed by atoms with Crippen molar-refractivity contribution in [1.29, 1.82) is 0 Å². The van der Waals surface area contributed by atoms with Gasteiger partial charge in [0.1, 0.15) is 5.82 Å². The normalized spacial score (nSPS) is 18.1. The van der Waals surface area contributed by atoms with Gasteiger partial charge in [-0.2, -0.15) is 0 Å². The lowest BCUT2D eigenvalue weighted by molar-refractivity contribution is -0.138. The van der Waals surface area contributed by atoms with Gasteiger partial charge in [0, 0.05) is 24.0 Å². The Morgan fingerprint density at radius 2 is 2.25 bits per heavy atom. The van der Waals surface area contributed by atoms with E-state index < -0.39 is 17.8 Å². The first-order valence-electron chi connectivity index (χ1n) is 6.18. The largest absolute Gasteiger partial charge is 0.481 e. The molecule has 0 saturated carbocycles. The molecule has 1 atom stereocenters. The van der Waals surface area contributed by atoms with Crippen LogP contribution in [0.1, 0.15) is 12.8 Å². The number of likely N-dealkylation sites (tertiary alicyclic amines) is 1. The zero-order chi connectivity index (χ0) is 14.7. The summed E-state index contributed by atoms with van der Waals surface area (Å²) in [6, 6.07) is 3.98. The van der Waals surface area contributed by atoms with E-state index in [4.69, 9.17) is 5.11 Å². The van der Waals surface area contributed by atoms with Gasteiger partial charge in [0.05, 0.1) is 5.69 Å². The molecule has 1 saturated heterocycles. The third-order valence-electron chi connectivity index (χ3n) is 3.21. The third-order valence-corrected chi connectivity index (χ3v) is 3.70. The molecule has 2 amide bonds. The zero-order valence-electron chi connectivity index (χ0n) is 10.6. The van der Waals surface area contributed by atoms with Crippen LogP contribution >= 0.6 is 15.9 Å². The molecule has 108 valence electrons. The second-order valence-electron chi connectivity index (χ2n) is 4.75. The average Bonchev–Trinajstić information content (AvgIpc) is 2.80. The van der Waals surface area contributed by atoms with Crippen molar-refractivity contribution in [3.8, 4) is 0 Å². The van der Waals surface area contributed by atoms with Crippen LogP contribution < -0.4 is 5.32 Å². The second-order valence-corrected chi connectivity index (χ2v) is 5.67. The van der Waals surface area contributed by atoms with Crippen LogP contribution in [0.25, 0.3) is 0 Å². The molecule has 1 unspecified atom stereocenters. The number of carboxylic acid groups (broad SMARTS) is 1. The molecule has 0 aliphatic carbocycles. The number of halogens is 2. The Kier molecular flexibility index (Phi) is 4.59. The van der Waals surface area contributed by atoms with Crippen molar-refractivity contribution >= 4 is 33.6 Å². The molecule has 1 aromatic carbocycles. The minimum Gasteiger partial charge on any atom is -0.481 e. The Bertz CT molecular complexity index is 538. The van der Waals surface area contributed by atoms with Crippen LogP contribution in [-0.2, 0) is 4.79 Å². The number of hydrogen-bond acceptors (Lipinski definition) is 2. The maximum Gasteiger partial charge on any atom is 0.321 e. The standard InChI is InChI=1S/C13H14BrFN2O3/c14-9-1-2-11(10(15)6-9)16-13(20)17-4-3-8(7-17)5-12(18)19/h1-2,6,8H,3-5,7H2,(H,16,20)(H,18,19). The molecule has 1 aromatic rings. The quantitative estimate of drug-likeness (QED) is 0.885. The molecular formula is C13H14BrFN2O3. The third kappa shape index (κ3) is 3.69. The predicted molar refractivity (Wildman–Crippen MR) is 75.1 cm³/mol. The van der Waals surface area contributed by atoms with Crippen molar-refractivity contribution in [2.75, 3.05) is 18.4 Å². The van der Waals surface area contributed by atoms with E-state index in [0.717, 1.165) is 0 Å². The van der Waals surface area contributed by atoms with Crippen LogP contribution in [0.2, 0.25) is 0 Å². The Hall–Kier alpha value is -1.63. The van der Waals surface area contributed by atoms with Crippen LogP contribution in [0.15, 0.2) is 22.7 Å². The topological polar surface area (TPSA) is 69.6 Å². The van der Waals surface area contributed by atoms with Crippen LogP contribution in [0.5, 0.6) is 0 Å². The molecule has 1 fully saturated rings.